The van der Waals surface area contributed by atoms with E-state index in [-0.39, 0.29) is 5.91 Å². The van der Waals surface area contributed by atoms with Gasteiger partial charge in [-0.05, 0) is 28.1 Å². The smallest absolute Gasteiger partial charge is 0.254 e. The predicted octanol–water partition coefficient (Wildman–Crippen LogP) is 2.13. The molecule has 0 saturated carbocycles. The van der Waals surface area contributed by atoms with Crippen molar-refractivity contribution in [2.75, 3.05) is 5.01 Å². The zero-order valence-electron chi connectivity index (χ0n) is 6.77. The van der Waals surface area contributed by atoms with Crippen molar-refractivity contribution in [1.82, 2.24) is 0 Å². The molecule has 3 nitrogen and oxygen atoms in total. The van der Waals surface area contributed by atoms with Crippen molar-refractivity contribution in [2.45, 2.75) is 6.42 Å². The van der Waals surface area contributed by atoms with Crippen LogP contribution in [0.4, 0.5) is 5.69 Å². The van der Waals surface area contributed by atoms with E-state index in [4.69, 9.17) is 0 Å². The molecule has 0 unspecified atom stereocenters. The Labute approximate surface area is 84.2 Å². The molecule has 0 saturated heterocycles. The van der Waals surface area contributed by atoms with Gasteiger partial charge in [-0.3, -0.25) is 4.79 Å². The fraction of sp³-hybridized carbons (Fsp3) is 0.111. The fourth-order valence-electron chi connectivity index (χ4n) is 1.17. The van der Waals surface area contributed by atoms with Crippen molar-refractivity contribution in [3.8, 4) is 0 Å². The van der Waals surface area contributed by atoms with Crippen molar-refractivity contribution in [3.63, 3.8) is 0 Å². The summed E-state index contributed by atoms with van der Waals surface area (Å²) in [5, 5.41) is 5.46. The van der Waals surface area contributed by atoms with Crippen LogP contribution in [0.25, 0.3) is 0 Å². The van der Waals surface area contributed by atoms with Crippen molar-refractivity contribution in [2.24, 2.45) is 5.10 Å². The Morgan fingerprint density at radius 3 is 2.54 bits per heavy atom. The Hall–Kier alpha value is -1.16. The van der Waals surface area contributed by atoms with Gasteiger partial charge in [-0.1, -0.05) is 18.2 Å². The maximum atomic E-state index is 11.4. The molecule has 1 heterocycles. The second kappa shape index (κ2) is 3.30. The van der Waals surface area contributed by atoms with Gasteiger partial charge in [-0.2, -0.15) is 10.1 Å². The summed E-state index contributed by atoms with van der Waals surface area (Å²) in [6.45, 7) is 0. The van der Waals surface area contributed by atoms with Crippen molar-refractivity contribution >= 4 is 32.1 Å². The normalized spacial score (nSPS) is 16.2. The molecule has 0 fully saturated rings. The number of nitrogens with zero attached hydrogens (tertiary/aromatic N) is 2. The number of para-hydroxylation sites is 1. The van der Waals surface area contributed by atoms with Crippen LogP contribution in [0.3, 0.4) is 0 Å². The molecule has 0 radical (unpaired) electrons. The van der Waals surface area contributed by atoms with E-state index < -0.39 is 0 Å². The van der Waals surface area contributed by atoms with E-state index >= 15 is 0 Å². The molecule has 1 aromatic carbocycles. The molecule has 13 heavy (non-hydrogen) atoms. The first kappa shape index (κ1) is 8.44. The molecule has 1 aliphatic heterocycles. The van der Waals surface area contributed by atoms with Crippen LogP contribution in [0, 0.1) is 0 Å². The molecule has 1 aromatic rings. The Bertz CT molecular complexity index is 361. The van der Waals surface area contributed by atoms with Crippen LogP contribution in [0.5, 0.6) is 0 Å². The van der Waals surface area contributed by atoms with Gasteiger partial charge in [0.2, 0.25) is 0 Å². The number of carbonyl (C=O) groups is 1. The summed E-state index contributed by atoms with van der Waals surface area (Å²) in [6.07, 6.45) is 0.356. The van der Waals surface area contributed by atoms with Crippen molar-refractivity contribution in [1.29, 1.82) is 0 Å². The van der Waals surface area contributed by atoms with Crippen molar-refractivity contribution in [3.05, 3.63) is 30.3 Å². The quantitative estimate of drug-likeness (QED) is 0.738. The molecular formula is C9H7BrN2O. The minimum absolute atomic E-state index is 0.00178. The lowest BCUT2D eigenvalue weighted by molar-refractivity contribution is -0.116. The summed E-state index contributed by atoms with van der Waals surface area (Å²) >= 11 is 3.20. The molecule has 2 rings (SSSR count). The number of hydrazone groups is 1. The largest absolute Gasteiger partial charge is 0.272 e. The van der Waals surface area contributed by atoms with Gasteiger partial charge in [-0.15, -0.1) is 0 Å². The molecule has 0 spiro atoms. The number of halogens is 1. The highest BCUT2D eigenvalue weighted by Crippen LogP contribution is 2.21. The lowest BCUT2D eigenvalue weighted by Gasteiger charge is -2.10. The Morgan fingerprint density at radius 2 is 2.00 bits per heavy atom. The highest BCUT2D eigenvalue weighted by atomic mass is 79.9. The van der Waals surface area contributed by atoms with Crippen LogP contribution in [0.1, 0.15) is 6.42 Å². The van der Waals surface area contributed by atoms with E-state index in [2.05, 4.69) is 21.0 Å². The second-order valence-corrected chi connectivity index (χ2v) is 3.61. The minimum Gasteiger partial charge on any atom is -0.272 e. The molecule has 0 bridgehead atoms. The highest BCUT2D eigenvalue weighted by molar-refractivity contribution is 9.18. The molecule has 0 aliphatic carbocycles. The average molecular weight is 239 g/mol. The van der Waals surface area contributed by atoms with Gasteiger partial charge in [-0.25, -0.2) is 0 Å². The van der Waals surface area contributed by atoms with Crippen LogP contribution in [-0.2, 0) is 4.79 Å². The Morgan fingerprint density at radius 1 is 1.31 bits per heavy atom. The first-order valence-corrected chi connectivity index (χ1v) is 4.67. The highest BCUT2D eigenvalue weighted by Gasteiger charge is 2.22. The van der Waals surface area contributed by atoms with E-state index in [1.165, 1.54) is 5.01 Å². The topological polar surface area (TPSA) is 32.7 Å². The zero-order valence-corrected chi connectivity index (χ0v) is 8.36. The van der Waals surface area contributed by atoms with Gasteiger partial charge < -0.3 is 0 Å². The van der Waals surface area contributed by atoms with E-state index in [0.29, 0.717) is 11.0 Å². The van der Waals surface area contributed by atoms with Gasteiger partial charge in [0, 0.05) is 0 Å². The number of anilines is 1. The first-order chi connectivity index (χ1) is 6.27. The van der Waals surface area contributed by atoms with Crippen LogP contribution in [-0.4, -0.2) is 10.5 Å². The standard InChI is InChI=1S/C9H7BrN2O/c10-8-6-9(13)12(11-8)7-4-2-1-3-5-7/h1-5H,6H2. The van der Waals surface area contributed by atoms with Gasteiger partial charge in [0.25, 0.3) is 5.91 Å². The first-order valence-electron chi connectivity index (χ1n) is 3.88. The third kappa shape index (κ3) is 1.62. The fourth-order valence-corrected chi connectivity index (χ4v) is 1.57. The monoisotopic (exact) mass is 238 g/mol. The van der Waals surface area contributed by atoms with Gasteiger partial charge >= 0.3 is 0 Å². The molecule has 66 valence electrons. The van der Waals surface area contributed by atoms with E-state index in [0.717, 1.165) is 5.69 Å². The third-order valence-electron chi connectivity index (χ3n) is 1.74. The van der Waals surface area contributed by atoms with Crippen LogP contribution in [0.2, 0.25) is 0 Å². The number of rotatable bonds is 1. The SMILES string of the molecule is O=C1CC(Br)=NN1c1ccccc1. The molecule has 4 heteroatoms. The molecule has 1 aliphatic rings. The maximum absolute atomic E-state index is 11.4. The summed E-state index contributed by atoms with van der Waals surface area (Å²) in [4.78, 5) is 11.4. The maximum Gasteiger partial charge on any atom is 0.254 e. The van der Waals surface area contributed by atoms with E-state index in [1.807, 2.05) is 30.3 Å². The number of hydrogen-bond acceptors (Lipinski definition) is 2. The van der Waals surface area contributed by atoms with E-state index in [9.17, 15) is 4.79 Å². The van der Waals surface area contributed by atoms with Gasteiger partial charge in [0.1, 0.15) is 4.62 Å². The number of benzene rings is 1. The summed E-state index contributed by atoms with van der Waals surface area (Å²) in [7, 11) is 0. The number of carbonyl (C=O) groups excluding carboxylic acids is 1. The molecule has 0 aromatic heterocycles. The summed E-state index contributed by atoms with van der Waals surface area (Å²) < 4.78 is 0.682. The van der Waals surface area contributed by atoms with Crippen molar-refractivity contribution < 1.29 is 4.79 Å². The van der Waals surface area contributed by atoms with Crippen LogP contribution in [0.15, 0.2) is 35.4 Å². The average Bonchev–Trinajstić information content (AvgIpc) is 2.47. The molecule has 0 atom stereocenters. The minimum atomic E-state index is -0.00178. The molecule has 1 amide bonds. The third-order valence-corrected chi connectivity index (χ3v) is 2.18. The summed E-state index contributed by atoms with van der Waals surface area (Å²) in [6, 6.07) is 9.37. The van der Waals surface area contributed by atoms with Crippen LogP contribution < -0.4 is 5.01 Å². The zero-order chi connectivity index (χ0) is 9.26. The van der Waals surface area contributed by atoms with Gasteiger partial charge in [0.05, 0.1) is 12.1 Å². The number of amides is 1. The Balaban J connectivity index is 2.33. The summed E-state index contributed by atoms with van der Waals surface area (Å²) in [5.41, 5.74) is 0.807. The lowest BCUT2D eigenvalue weighted by Crippen LogP contribution is -2.19. The van der Waals surface area contributed by atoms with E-state index in [1.54, 1.807) is 0 Å². The lowest BCUT2D eigenvalue weighted by atomic mass is 10.3. The Kier molecular flexibility index (Phi) is 2.14. The number of hydrogen-bond donors (Lipinski definition) is 0. The van der Waals surface area contributed by atoms with Crippen LogP contribution >= 0.6 is 15.9 Å². The predicted molar refractivity (Wildman–Crippen MR) is 54.9 cm³/mol. The second-order valence-electron chi connectivity index (χ2n) is 2.69. The molecular weight excluding hydrogens is 232 g/mol. The molecule has 0 N–H and O–H groups in total. The summed E-state index contributed by atoms with van der Waals surface area (Å²) in [5.74, 6) is -0.00178. The van der Waals surface area contributed by atoms with Gasteiger partial charge in [0.15, 0.2) is 0 Å².